The lowest BCUT2D eigenvalue weighted by atomic mass is 10.1. The Kier molecular flexibility index (Phi) is 4.78. The molecular formula is C23H19F3N4O4S. The van der Waals surface area contributed by atoms with Crippen LogP contribution in [0.1, 0.15) is 35.3 Å². The van der Waals surface area contributed by atoms with Gasteiger partial charge in [0.1, 0.15) is 5.69 Å². The third-order valence-electron chi connectivity index (χ3n) is 6.63. The molecule has 3 aromatic rings. The number of aromatic nitrogens is 2. The lowest BCUT2D eigenvalue weighted by molar-refractivity contribution is -0.137. The summed E-state index contributed by atoms with van der Waals surface area (Å²) in [5.41, 5.74) is -0.208. The van der Waals surface area contributed by atoms with Crippen molar-refractivity contribution in [3.05, 3.63) is 69.8 Å². The number of alkyl halides is 3. The first-order chi connectivity index (χ1) is 16.7. The number of ether oxygens (including phenoxy) is 2. The number of likely N-dealkylation sites (tertiary alicyclic amines) is 1. The van der Waals surface area contributed by atoms with E-state index in [0.29, 0.717) is 41.8 Å². The number of hydrogen-bond acceptors (Lipinski definition) is 5. The summed E-state index contributed by atoms with van der Waals surface area (Å²) in [6.45, 7) is 1.08. The van der Waals surface area contributed by atoms with Gasteiger partial charge in [-0.3, -0.25) is 4.57 Å². The van der Waals surface area contributed by atoms with Crippen LogP contribution >= 0.6 is 12.2 Å². The number of nitrogens with one attached hydrogen (secondary N) is 1. The third kappa shape index (κ3) is 3.42. The van der Waals surface area contributed by atoms with Crippen LogP contribution in [0.5, 0.6) is 17.4 Å². The van der Waals surface area contributed by atoms with E-state index in [-0.39, 0.29) is 30.4 Å². The molecule has 182 valence electrons. The molecule has 12 heteroatoms. The van der Waals surface area contributed by atoms with Crippen molar-refractivity contribution in [1.29, 1.82) is 0 Å². The molecular weight excluding hydrogens is 485 g/mol. The van der Waals surface area contributed by atoms with Gasteiger partial charge in [-0.2, -0.15) is 13.2 Å². The Morgan fingerprint density at radius 2 is 1.97 bits per heavy atom. The van der Waals surface area contributed by atoms with Crippen molar-refractivity contribution < 1.29 is 27.8 Å². The van der Waals surface area contributed by atoms with Gasteiger partial charge < -0.3 is 24.8 Å². The Hall–Kier alpha value is -3.67. The number of imidazole rings is 1. The summed E-state index contributed by atoms with van der Waals surface area (Å²) in [5, 5.41) is 14.6. The van der Waals surface area contributed by atoms with Crippen LogP contribution in [0.4, 0.5) is 13.2 Å². The molecule has 2 unspecified atom stereocenters. The largest absolute Gasteiger partial charge is 0.493 e. The van der Waals surface area contributed by atoms with E-state index in [1.807, 2.05) is 23.1 Å². The topological polar surface area (TPSA) is 80.9 Å². The highest BCUT2D eigenvalue weighted by atomic mass is 32.1. The minimum absolute atomic E-state index is 0.0429. The lowest BCUT2D eigenvalue weighted by Gasteiger charge is -2.30. The molecule has 1 saturated heterocycles. The predicted molar refractivity (Wildman–Crippen MR) is 122 cm³/mol. The number of thiocarbonyl (C=S) groups is 1. The summed E-state index contributed by atoms with van der Waals surface area (Å²) in [5.74, 6) is 0.984. The van der Waals surface area contributed by atoms with Crippen LogP contribution < -0.4 is 20.5 Å². The predicted octanol–water partition coefficient (Wildman–Crippen LogP) is 3.47. The van der Waals surface area contributed by atoms with Crippen LogP contribution in [0.3, 0.4) is 0 Å². The fraction of sp³-hybridized carbons (Fsp3) is 0.304. The molecule has 3 aliphatic heterocycles. The van der Waals surface area contributed by atoms with E-state index >= 15 is 0 Å². The molecule has 6 rings (SSSR count). The molecule has 8 nitrogen and oxygen atoms in total. The van der Waals surface area contributed by atoms with Crippen molar-refractivity contribution in [1.82, 2.24) is 19.4 Å². The molecule has 1 fully saturated rings. The smallest absolute Gasteiger partial charge is 0.416 e. The first-order valence-corrected chi connectivity index (χ1v) is 11.3. The Bertz CT molecular complexity index is 1420. The molecule has 0 radical (unpaired) electrons. The van der Waals surface area contributed by atoms with Gasteiger partial charge in [0.2, 0.25) is 12.7 Å². The molecule has 0 aliphatic carbocycles. The maximum Gasteiger partial charge on any atom is 0.416 e. The second-order valence-corrected chi connectivity index (χ2v) is 9.04. The van der Waals surface area contributed by atoms with Crippen molar-refractivity contribution in [3.63, 3.8) is 0 Å². The third-order valence-corrected chi connectivity index (χ3v) is 7.01. The first-order valence-electron chi connectivity index (χ1n) is 10.9. The molecule has 1 aromatic heterocycles. The van der Waals surface area contributed by atoms with Gasteiger partial charge in [-0.05, 0) is 54.5 Å². The Balaban J connectivity index is 1.25. The van der Waals surface area contributed by atoms with Gasteiger partial charge in [0, 0.05) is 13.1 Å². The molecule has 0 spiro atoms. The van der Waals surface area contributed by atoms with E-state index in [1.165, 1.54) is 16.7 Å². The van der Waals surface area contributed by atoms with Gasteiger partial charge in [-0.25, -0.2) is 9.36 Å². The summed E-state index contributed by atoms with van der Waals surface area (Å²) in [6, 6.07) is 9.34. The Labute approximate surface area is 202 Å². The van der Waals surface area contributed by atoms with E-state index in [0.717, 1.165) is 22.3 Å². The lowest BCUT2D eigenvalue weighted by Crippen LogP contribution is -2.42. The van der Waals surface area contributed by atoms with Gasteiger partial charge in [0.05, 0.1) is 23.3 Å². The van der Waals surface area contributed by atoms with Gasteiger partial charge in [-0.15, -0.1) is 0 Å². The standard InChI is InChI=1S/C23H19F3N4O4S/c24-23(25,26)13-2-1-3-14(7-13)30-20(31)19-16-8-15(29(19)22(30)32)10-28(16)21(35)27-9-12-4-5-17-18(6-12)34-11-33-17/h1-7,15-16,31H,8-11H2,(H,27,35). The monoisotopic (exact) mass is 504 g/mol. The normalized spacial score (nSPS) is 19.8. The maximum absolute atomic E-state index is 13.2. The summed E-state index contributed by atoms with van der Waals surface area (Å²) in [7, 11) is 0. The number of hydrogen-bond donors (Lipinski definition) is 2. The van der Waals surface area contributed by atoms with Gasteiger partial charge >= 0.3 is 11.9 Å². The van der Waals surface area contributed by atoms with Crippen LogP contribution in [0, 0.1) is 0 Å². The molecule has 2 aromatic carbocycles. The average Bonchev–Trinajstić information content (AvgIpc) is 3.59. The van der Waals surface area contributed by atoms with E-state index in [2.05, 4.69) is 5.32 Å². The van der Waals surface area contributed by atoms with E-state index in [4.69, 9.17) is 21.7 Å². The number of benzene rings is 2. The highest BCUT2D eigenvalue weighted by molar-refractivity contribution is 7.80. The number of fused-ring (bicyclic) bond motifs is 6. The number of rotatable bonds is 3. The quantitative estimate of drug-likeness (QED) is 0.529. The SMILES string of the molecule is O=c1n(-c2cccc(C(F)(F)F)c2)c(O)c2n1C1CC2N(C(=S)NCc2ccc3c(c2)OCO3)C1. The average molecular weight is 504 g/mol. The van der Waals surface area contributed by atoms with Crippen LogP contribution in [0.2, 0.25) is 0 Å². The van der Waals surface area contributed by atoms with Crippen molar-refractivity contribution >= 4 is 17.3 Å². The highest BCUT2D eigenvalue weighted by Crippen LogP contribution is 2.48. The van der Waals surface area contributed by atoms with Crippen LogP contribution in [-0.2, 0) is 12.7 Å². The Morgan fingerprint density at radius 1 is 1.17 bits per heavy atom. The van der Waals surface area contributed by atoms with Crippen molar-refractivity contribution in [2.24, 2.45) is 0 Å². The Morgan fingerprint density at radius 3 is 2.77 bits per heavy atom. The zero-order valence-corrected chi connectivity index (χ0v) is 18.9. The molecule has 3 aliphatic rings. The van der Waals surface area contributed by atoms with Crippen molar-refractivity contribution in [3.8, 4) is 23.1 Å². The molecule has 2 bridgehead atoms. The van der Waals surface area contributed by atoms with E-state index in [1.54, 1.807) is 0 Å². The highest BCUT2D eigenvalue weighted by Gasteiger charge is 2.48. The van der Waals surface area contributed by atoms with Gasteiger partial charge in [0.15, 0.2) is 16.6 Å². The number of halogens is 3. The molecule has 0 saturated carbocycles. The molecule has 2 atom stereocenters. The first kappa shape index (κ1) is 21.8. The summed E-state index contributed by atoms with van der Waals surface area (Å²) < 4.78 is 52.7. The summed E-state index contributed by atoms with van der Waals surface area (Å²) >= 11 is 5.60. The molecule has 0 amide bonds. The number of nitrogens with zero attached hydrogens (tertiary/aromatic N) is 3. The second-order valence-electron chi connectivity index (χ2n) is 8.65. The van der Waals surface area contributed by atoms with Crippen LogP contribution in [0.25, 0.3) is 5.69 Å². The zero-order chi connectivity index (χ0) is 24.5. The minimum atomic E-state index is -4.57. The summed E-state index contributed by atoms with van der Waals surface area (Å²) in [6.07, 6.45) is -3.99. The van der Waals surface area contributed by atoms with Crippen LogP contribution in [0.15, 0.2) is 47.3 Å². The molecule has 4 heterocycles. The van der Waals surface area contributed by atoms with Crippen LogP contribution in [-0.4, -0.2) is 37.6 Å². The fourth-order valence-electron chi connectivity index (χ4n) is 5.05. The summed E-state index contributed by atoms with van der Waals surface area (Å²) in [4.78, 5) is 15.0. The zero-order valence-electron chi connectivity index (χ0n) is 18.1. The van der Waals surface area contributed by atoms with Crippen molar-refractivity contribution in [2.45, 2.75) is 31.2 Å². The van der Waals surface area contributed by atoms with Gasteiger partial charge in [-0.1, -0.05) is 12.1 Å². The fourth-order valence-corrected chi connectivity index (χ4v) is 5.33. The molecule has 2 N–H and O–H groups in total. The van der Waals surface area contributed by atoms with E-state index in [9.17, 15) is 23.1 Å². The maximum atomic E-state index is 13.2. The van der Waals surface area contributed by atoms with E-state index < -0.39 is 17.4 Å². The number of aromatic hydroxyl groups is 1. The minimum Gasteiger partial charge on any atom is -0.493 e. The second kappa shape index (κ2) is 7.67. The molecule has 35 heavy (non-hydrogen) atoms. The van der Waals surface area contributed by atoms with Gasteiger partial charge in [0.25, 0.3) is 0 Å². The van der Waals surface area contributed by atoms with Crippen molar-refractivity contribution in [2.75, 3.05) is 13.3 Å².